The van der Waals surface area contributed by atoms with Crippen LogP contribution in [0.4, 0.5) is 5.69 Å². The van der Waals surface area contributed by atoms with Crippen LogP contribution < -0.4 is 14.8 Å². The molecule has 0 spiro atoms. The predicted octanol–water partition coefficient (Wildman–Crippen LogP) is 2.89. The molecule has 0 fully saturated rings. The van der Waals surface area contributed by atoms with Crippen LogP contribution in [0.3, 0.4) is 0 Å². The average Bonchev–Trinajstić information content (AvgIpc) is 2.78. The Morgan fingerprint density at radius 1 is 1.18 bits per heavy atom. The van der Waals surface area contributed by atoms with Crippen molar-refractivity contribution < 1.29 is 22.7 Å². The summed E-state index contributed by atoms with van der Waals surface area (Å²) in [7, 11) is -0.468. The molecule has 0 aromatic heterocycles. The fraction of sp³-hybridized carbons (Fsp3) is 0.458. The third-order valence-corrected chi connectivity index (χ3v) is 7.40. The molecule has 0 saturated carbocycles. The van der Waals surface area contributed by atoms with Gasteiger partial charge in [0.2, 0.25) is 0 Å². The topological polar surface area (TPSA) is 97.0 Å². The largest absolute Gasteiger partial charge is 0.491 e. The van der Waals surface area contributed by atoms with Crippen molar-refractivity contribution in [2.75, 3.05) is 38.6 Å². The highest BCUT2D eigenvalue weighted by Gasteiger charge is 2.26. The summed E-state index contributed by atoms with van der Waals surface area (Å²) in [4.78, 5) is 15.1. The molecule has 1 aliphatic rings. The van der Waals surface area contributed by atoms with Gasteiger partial charge in [0.1, 0.15) is 12.4 Å². The second kappa shape index (κ2) is 10.5. The molecule has 0 saturated heterocycles. The van der Waals surface area contributed by atoms with Gasteiger partial charge in [-0.05, 0) is 49.6 Å². The molecule has 33 heavy (non-hydrogen) atoms. The van der Waals surface area contributed by atoms with Gasteiger partial charge >= 0.3 is 0 Å². The van der Waals surface area contributed by atoms with Gasteiger partial charge in [-0.25, -0.2) is 8.42 Å². The van der Waals surface area contributed by atoms with Gasteiger partial charge in [-0.1, -0.05) is 25.1 Å². The van der Waals surface area contributed by atoms with Crippen LogP contribution in [0.1, 0.15) is 29.8 Å². The van der Waals surface area contributed by atoms with Crippen LogP contribution in [0.5, 0.6) is 5.75 Å². The van der Waals surface area contributed by atoms with Gasteiger partial charge in [-0.15, -0.1) is 0 Å². The number of rotatable bonds is 4. The van der Waals surface area contributed by atoms with Crippen LogP contribution in [-0.4, -0.2) is 65.2 Å². The Labute approximate surface area is 196 Å². The molecule has 9 heteroatoms. The van der Waals surface area contributed by atoms with Crippen molar-refractivity contribution in [3.63, 3.8) is 0 Å². The highest BCUT2D eigenvalue weighted by Crippen LogP contribution is 2.27. The zero-order valence-corrected chi connectivity index (χ0v) is 20.6. The summed E-state index contributed by atoms with van der Waals surface area (Å²) in [5.41, 5.74) is 1.21. The number of fused-ring (bicyclic) bond motifs is 1. The number of nitrogens with zero attached hydrogens (tertiary/aromatic N) is 1. The third-order valence-electron chi connectivity index (χ3n) is 5.86. The minimum Gasteiger partial charge on any atom is -0.491 e. The van der Waals surface area contributed by atoms with Gasteiger partial charge in [-0.3, -0.25) is 9.52 Å². The third kappa shape index (κ3) is 6.04. The summed E-state index contributed by atoms with van der Waals surface area (Å²) >= 11 is 0. The van der Waals surface area contributed by atoms with E-state index < -0.39 is 10.0 Å². The zero-order chi connectivity index (χ0) is 24.2. The van der Waals surface area contributed by atoms with E-state index in [9.17, 15) is 13.2 Å². The Morgan fingerprint density at radius 3 is 2.61 bits per heavy atom. The number of aryl methyl sites for hydroxylation is 1. The standard InChI is InChI=1S/C24H33N3O5S/c1-16-8-6-7-9-23(16)33(29,30)26-19-10-11-21-20(12-19)24(28)27(4)14-22(31-5)17(2)13-25-18(3)15-32-21/h6-12,17-18,22,25-26H,13-15H2,1-5H3/t17-,18+,22-/m1/s1. The summed E-state index contributed by atoms with van der Waals surface area (Å²) in [6, 6.07) is 11.6. The molecule has 180 valence electrons. The number of hydrogen-bond acceptors (Lipinski definition) is 6. The maximum Gasteiger partial charge on any atom is 0.262 e. The quantitative estimate of drug-likeness (QED) is 0.706. The van der Waals surface area contributed by atoms with E-state index in [4.69, 9.17) is 9.47 Å². The maximum atomic E-state index is 13.3. The lowest BCUT2D eigenvalue weighted by Gasteiger charge is -2.30. The van der Waals surface area contributed by atoms with Gasteiger partial charge in [0.15, 0.2) is 0 Å². The Hall–Kier alpha value is -2.62. The van der Waals surface area contributed by atoms with Crippen molar-refractivity contribution in [1.29, 1.82) is 0 Å². The Balaban J connectivity index is 1.95. The van der Waals surface area contributed by atoms with Crippen LogP contribution in [0.2, 0.25) is 0 Å². The number of sulfonamides is 1. The first-order valence-electron chi connectivity index (χ1n) is 11.0. The molecule has 0 bridgehead atoms. The molecule has 0 unspecified atom stereocenters. The second-order valence-corrected chi connectivity index (χ2v) is 10.3. The normalized spacial score (nSPS) is 22.5. The first-order valence-corrected chi connectivity index (χ1v) is 12.5. The molecule has 0 radical (unpaired) electrons. The van der Waals surface area contributed by atoms with Gasteiger partial charge in [0.25, 0.3) is 15.9 Å². The van der Waals surface area contributed by atoms with Crippen LogP contribution in [0.25, 0.3) is 0 Å². The van der Waals surface area contributed by atoms with Crippen LogP contribution >= 0.6 is 0 Å². The van der Waals surface area contributed by atoms with Crippen molar-refractivity contribution in [3.05, 3.63) is 53.6 Å². The molecule has 1 aliphatic heterocycles. The van der Waals surface area contributed by atoms with E-state index in [1.165, 1.54) is 6.07 Å². The van der Waals surface area contributed by atoms with E-state index in [0.717, 1.165) is 6.54 Å². The van der Waals surface area contributed by atoms with Gasteiger partial charge in [-0.2, -0.15) is 0 Å². The minimum absolute atomic E-state index is 0.0595. The fourth-order valence-corrected chi connectivity index (χ4v) is 5.09. The van der Waals surface area contributed by atoms with E-state index in [-0.39, 0.29) is 40.1 Å². The van der Waals surface area contributed by atoms with E-state index in [2.05, 4.69) is 17.0 Å². The summed E-state index contributed by atoms with van der Waals surface area (Å²) in [5.74, 6) is 0.318. The summed E-state index contributed by atoms with van der Waals surface area (Å²) < 4.78 is 40.1. The number of ether oxygens (including phenoxy) is 2. The SMILES string of the molecule is CO[C@@H]1CN(C)C(=O)c2cc(NS(=O)(=O)c3ccccc3C)ccc2OC[C@H](C)NC[C@H]1C. The Kier molecular flexibility index (Phi) is 7.99. The van der Waals surface area contributed by atoms with Crippen molar-refractivity contribution in [2.45, 2.75) is 37.8 Å². The number of nitrogens with one attached hydrogen (secondary N) is 2. The number of likely N-dealkylation sites (N-methyl/N-ethyl adjacent to an activating group) is 1. The zero-order valence-electron chi connectivity index (χ0n) is 19.8. The van der Waals surface area contributed by atoms with Gasteiger partial charge < -0.3 is 19.7 Å². The number of hydrogen-bond donors (Lipinski definition) is 2. The summed E-state index contributed by atoms with van der Waals surface area (Å²) in [6.07, 6.45) is -0.148. The monoisotopic (exact) mass is 475 g/mol. The second-order valence-electron chi connectivity index (χ2n) is 8.64. The molecular weight excluding hydrogens is 442 g/mol. The summed E-state index contributed by atoms with van der Waals surface area (Å²) in [6.45, 7) is 7.32. The smallest absolute Gasteiger partial charge is 0.262 e. The molecule has 3 atom stereocenters. The predicted molar refractivity (Wildman–Crippen MR) is 128 cm³/mol. The van der Waals surface area contributed by atoms with Crippen molar-refractivity contribution >= 4 is 21.6 Å². The molecule has 1 amide bonds. The van der Waals surface area contributed by atoms with Crippen LogP contribution in [-0.2, 0) is 14.8 Å². The molecule has 1 heterocycles. The molecule has 8 nitrogen and oxygen atoms in total. The maximum absolute atomic E-state index is 13.3. The minimum atomic E-state index is -3.82. The molecule has 2 N–H and O–H groups in total. The molecule has 2 aromatic rings. The fourth-order valence-electron chi connectivity index (χ4n) is 3.79. The first kappa shape index (κ1) is 25.0. The van der Waals surface area contributed by atoms with Gasteiger partial charge in [0, 0.05) is 39.0 Å². The molecule has 0 aliphatic carbocycles. The first-order chi connectivity index (χ1) is 15.6. The Bertz CT molecular complexity index is 1090. The number of anilines is 1. The average molecular weight is 476 g/mol. The van der Waals surface area contributed by atoms with Crippen LogP contribution in [0.15, 0.2) is 47.4 Å². The molecule has 3 rings (SSSR count). The van der Waals surface area contributed by atoms with Crippen LogP contribution in [0, 0.1) is 12.8 Å². The number of methoxy groups -OCH3 is 1. The number of amides is 1. The Morgan fingerprint density at radius 2 is 1.91 bits per heavy atom. The summed E-state index contributed by atoms with van der Waals surface area (Å²) in [5, 5.41) is 3.44. The number of carbonyl (C=O) groups excluding carboxylic acids is 1. The van der Waals surface area contributed by atoms with E-state index in [1.54, 1.807) is 62.4 Å². The van der Waals surface area contributed by atoms with E-state index >= 15 is 0 Å². The van der Waals surface area contributed by atoms with E-state index in [1.807, 2.05) is 6.92 Å². The van der Waals surface area contributed by atoms with Gasteiger partial charge in [0.05, 0.1) is 16.6 Å². The van der Waals surface area contributed by atoms with Crippen molar-refractivity contribution in [1.82, 2.24) is 10.2 Å². The highest BCUT2D eigenvalue weighted by atomic mass is 32.2. The van der Waals surface area contributed by atoms with E-state index in [0.29, 0.717) is 24.5 Å². The highest BCUT2D eigenvalue weighted by molar-refractivity contribution is 7.92. The van der Waals surface area contributed by atoms with Crippen molar-refractivity contribution in [3.8, 4) is 5.75 Å². The molecular formula is C24H33N3O5S. The lowest BCUT2D eigenvalue weighted by molar-refractivity contribution is 0.0281. The lowest BCUT2D eigenvalue weighted by Crippen LogP contribution is -2.44. The number of benzene rings is 2. The molecule has 2 aromatic carbocycles. The number of carbonyl (C=O) groups is 1. The lowest BCUT2D eigenvalue weighted by atomic mass is 10.0. The van der Waals surface area contributed by atoms with Crippen molar-refractivity contribution in [2.24, 2.45) is 5.92 Å².